The molecule has 1 amide bonds. The van der Waals surface area contributed by atoms with Crippen LogP contribution in [0, 0.1) is 0 Å². The summed E-state index contributed by atoms with van der Waals surface area (Å²) in [5, 5.41) is 15.2. The molecule has 0 spiro atoms. The molecule has 190 valence electrons. The molecule has 1 saturated heterocycles. The van der Waals surface area contributed by atoms with Crippen LogP contribution in [0.4, 0.5) is 11.6 Å². The van der Waals surface area contributed by atoms with E-state index in [2.05, 4.69) is 32.7 Å². The van der Waals surface area contributed by atoms with Gasteiger partial charge in [-0.25, -0.2) is 4.98 Å². The van der Waals surface area contributed by atoms with E-state index in [0.29, 0.717) is 17.0 Å². The summed E-state index contributed by atoms with van der Waals surface area (Å²) in [6.45, 7) is 3.42. The van der Waals surface area contributed by atoms with Crippen molar-refractivity contribution in [2.75, 3.05) is 38.1 Å². The number of pyridine rings is 1. The van der Waals surface area contributed by atoms with Gasteiger partial charge in [-0.15, -0.1) is 0 Å². The van der Waals surface area contributed by atoms with Gasteiger partial charge in [0.1, 0.15) is 11.2 Å². The van der Waals surface area contributed by atoms with Crippen LogP contribution >= 0.6 is 0 Å². The molecule has 2 aromatic heterocycles. The first-order valence-corrected chi connectivity index (χ1v) is 13.0. The van der Waals surface area contributed by atoms with Crippen LogP contribution in [-0.2, 0) is 6.42 Å². The average Bonchev–Trinajstić information content (AvgIpc) is 3.62. The molecular weight excluding hydrogens is 456 g/mol. The van der Waals surface area contributed by atoms with Gasteiger partial charge in [0.2, 0.25) is 11.4 Å². The quantitative estimate of drug-likeness (QED) is 0.423. The number of aromatic nitrogens is 3. The van der Waals surface area contributed by atoms with Gasteiger partial charge >= 0.3 is 0 Å². The van der Waals surface area contributed by atoms with Crippen molar-refractivity contribution >= 4 is 28.6 Å². The molecule has 9 heteroatoms. The van der Waals surface area contributed by atoms with Crippen LogP contribution in [0.5, 0.6) is 0 Å². The number of carbonyl (C=O) groups is 1. The van der Waals surface area contributed by atoms with Crippen LogP contribution in [0.2, 0.25) is 0 Å². The van der Waals surface area contributed by atoms with Crippen molar-refractivity contribution in [1.82, 2.24) is 24.8 Å². The van der Waals surface area contributed by atoms with Gasteiger partial charge in [-0.1, -0.05) is 25.0 Å². The second-order valence-corrected chi connectivity index (χ2v) is 9.75. The number of nitrogens with one attached hydrogen (secondary N) is 2. The van der Waals surface area contributed by atoms with Gasteiger partial charge in [0.15, 0.2) is 0 Å². The zero-order chi connectivity index (χ0) is 24.9. The number of amides is 1. The topological polar surface area (TPSA) is 112 Å². The summed E-state index contributed by atoms with van der Waals surface area (Å²) in [5.74, 6) is -0.0781. The first-order valence-electron chi connectivity index (χ1n) is 13.0. The van der Waals surface area contributed by atoms with E-state index in [1.807, 2.05) is 16.7 Å². The van der Waals surface area contributed by atoms with Crippen LogP contribution < -0.4 is 16.1 Å². The van der Waals surface area contributed by atoms with Gasteiger partial charge in [0.05, 0.1) is 12.0 Å². The van der Waals surface area contributed by atoms with Crippen LogP contribution in [0.1, 0.15) is 60.5 Å². The fraction of sp³-hybridized carbons (Fsp3) is 0.481. The third-order valence-electron chi connectivity index (χ3n) is 7.26. The molecular formula is C27H34N6O3. The molecule has 2 aliphatic rings. The lowest BCUT2D eigenvalue weighted by molar-refractivity contribution is 0.0943. The highest BCUT2D eigenvalue weighted by Crippen LogP contribution is 2.31. The number of carbonyl (C=O) groups excluding carboxylic acids is 1. The van der Waals surface area contributed by atoms with Crippen LogP contribution in [0.15, 0.2) is 41.5 Å². The lowest BCUT2D eigenvalue weighted by Crippen LogP contribution is -2.32. The zero-order valence-corrected chi connectivity index (χ0v) is 20.6. The Kier molecular flexibility index (Phi) is 7.58. The van der Waals surface area contributed by atoms with Crippen LogP contribution in [0.25, 0.3) is 11.0 Å². The maximum atomic E-state index is 13.1. The van der Waals surface area contributed by atoms with Gasteiger partial charge < -0.3 is 25.2 Å². The highest BCUT2D eigenvalue weighted by molar-refractivity contribution is 5.96. The van der Waals surface area contributed by atoms with Gasteiger partial charge in [-0.3, -0.25) is 9.59 Å². The van der Waals surface area contributed by atoms with E-state index in [1.54, 1.807) is 6.20 Å². The minimum absolute atomic E-state index is 0.0525. The third kappa shape index (κ3) is 5.42. The molecule has 1 aliphatic heterocycles. The van der Waals surface area contributed by atoms with Gasteiger partial charge in [0, 0.05) is 37.2 Å². The summed E-state index contributed by atoms with van der Waals surface area (Å²) in [4.78, 5) is 37.3. The van der Waals surface area contributed by atoms with Gasteiger partial charge in [0.25, 0.3) is 5.91 Å². The van der Waals surface area contributed by atoms with Crippen molar-refractivity contribution in [2.45, 2.75) is 51.0 Å². The molecule has 3 N–H and O–H groups in total. The van der Waals surface area contributed by atoms with Crippen LogP contribution in [-0.4, -0.2) is 63.2 Å². The summed E-state index contributed by atoms with van der Waals surface area (Å²) in [6, 6.07) is 8.50. The highest BCUT2D eigenvalue weighted by atomic mass is 16.3. The van der Waals surface area contributed by atoms with E-state index in [1.165, 1.54) is 37.7 Å². The molecule has 2 fully saturated rings. The number of fused-ring (bicyclic) bond motifs is 1. The number of anilines is 2. The predicted octanol–water partition coefficient (Wildman–Crippen LogP) is 3.01. The number of aliphatic hydroxyl groups excluding tert-OH is 1. The standard InChI is InChI=1S/C27H34N6O3/c34-16-12-28-26(36)23-18-33(21-5-1-2-6-21)25-22(24(23)35)17-29-27(31-25)30-20-9-7-19(8-10-20)11-15-32-13-3-4-14-32/h7-10,17-18,21,34H,1-6,11-16H2,(H,28,36)(H,29,30,31). The van der Waals surface area contributed by atoms with Crippen molar-refractivity contribution < 1.29 is 9.90 Å². The van der Waals surface area contributed by atoms with Gasteiger partial charge in [-0.2, -0.15) is 4.98 Å². The second-order valence-electron chi connectivity index (χ2n) is 9.75. The number of aliphatic hydroxyl groups is 1. The Morgan fingerprint density at radius 2 is 1.83 bits per heavy atom. The molecule has 0 atom stereocenters. The van der Waals surface area contributed by atoms with E-state index < -0.39 is 11.3 Å². The molecule has 0 unspecified atom stereocenters. The molecule has 1 aromatic carbocycles. The molecule has 36 heavy (non-hydrogen) atoms. The van der Waals surface area contributed by atoms with E-state index in [-0.39, 0.29) is 24.8 Å². The van der Waals surface area contributed by atoms with Crippen molar-refractivity contribution in [1.29, 1.82) is 0 Å². The fourth-order valence-corrected chi connectivity index (χ4v) is 5.26. The molecule has 0 radical (unpaired) electrons. The Bertz CT molecular complexity index is 1260. The Morgan fingerprint density at radius 3 is 2.56 bits per heavy atom. The molecule has 3 heterocycles. The first kappa shape index (κ1) is 24.4. The molecule has 3 aromatic rings. The monoisotopic (exact) mass is 490 g/mol. The maximum absolute atomic E-state index is 13.1. The number of hydrogen-bond acceptors (Lipinski definition) is 7. The number of rotatable bonds is 9. The first-order chi connectivity index (χ1) is 17.6. The number of hydrogen-bond donors (Lipinski definition) is 3. The van der Waals surface area contributed by atoms with Crippen LogP contribution in [0.3, 0.4) is 0 Å². The normalized spacial score (nSPS) is 16.6. The Hall–Kier alpha value is -3.30. The van der Waals surface area contributed by atoms with E-state index >= 15 is 0 Å². The van der Waals surface area contributed by atoms with E-state index in [9.17, 15) is 9.59 Å². The van der Waals surface area contributed by atoms with E-state index in [0.717, 1.165) is 44.3 Å². The SMILES string of the molecule is O=C(NCCO)c1cn(C2CCCC2)c2nc(Nc3ccc(CCN4CCCC4)cc3)ncc2c1=O. The number of nitrogens with zero attached hydrogens (tertiary/aromatic N) is 4. The smallest absolute Gasteiger partial charge is 0.256 e. The van der Waals surface area contributed by atoms with Crippen molar-refractivity contribution in [3.8, 4) is 0 Å². The predicted molar refractivity (Wildman–Crippen MR) is 140 cm³/mol. The fourth-order valence-electron chi connectivity index (χ4n) is 5.26. The number of benzene rings is 1. The molecule has 9 nitrogen and oxygen atoms in total. The Morgan fingerprint density at radius 1 is 1.08 bits per heavy atom. The summed E-state index contributed by atoms with van der Waals surface area (Å²) in [5.41, 5.74) is 2.37. The molecule has 5 rings (SSSR count). The Labute approximate surface area is 210 Å². The Balaban J connectivity index is 1.39. The molecule has 0 bridgehead atoms. The summed E-state index contributed by atoms with van der Waals surface area (Å²) >= 11 is 0. The molecule has 1 saturated carbocycles. The molecule has 1 aliphatic carbocycles. The number of likely N-dealkylation sites (tertiary alicyclic amines) is 1. The van der Waals surface area contributed by atoms with E-state index in [4.69, 9.17) is 10.1 Å². The largest absolute Gasteiger partial charge is 0.395 e. The third-order valence-corrected chi connectivity index (χ3v) is 7.26. The van der Waals surface area contributed by atoms with Crippen molar-refractivity contribution in [3.05, 3.63) is 58.0 Å². The van der Waals surface area contributed by atoms with Gasteiger partial charge in [-0.05, 0) is 62.9 Å². The van der Waals surface area contributed by atoms with Crippen molar-refractivity contribution in [3.63, 3.8) is 0 Å². The maximum Gasteiger partial charge on any atom is 0.256 e. The average molecular weight is 491 g/mol. The summed E-state index contributed by atoms with van der Waals surface area (Å²) in [7, 11) is 0. The van der Waals surface area contributed by atoms with Crippen molar-refractivity contribution in [2.24, 2.45) is 0 Å². The minimum Gasteiger partial charge on any atom is -0.395 e. The summed E-state index contributed by atoms with van der Waals surface area (Å²) in [6.07, 6.45) is 10.9. The summed E-state index contributed by atoms with van der Waals surface area (Å²) < 4.78 is 1.96. The zero-order valence-electron chi connectivity index (χ0n) is 20.6. The highest BCUT2D eigenvalue weighted by Gasteiger charge is 2.23. The minimum atomic E-state index is -0.491. The lowest BCUT2D eigenvalue weighted by Gasteiger charge is -2.19. The lowest BCUT2D eigenvalue weighted by atomic mass is 10.1. The second kappa shape index (κ2) is 11.2.